The average molecular weight is 355 g/mol. The highest BCUT2D eigenvalue weighted by atomic mass is 16.7. The Kier molecular flexibility index (Phi) is 6.04. The van der Waals surface area contributed by atoms with E-state index in [-0.39, 0.29) is 24.2 Å². The molecule has 2 aliphatic rings. The van der Waals surface area contributed by atoms with Gasteiger partial charge in [-0.05, 0) is 59.2 Å². The minimum Gasteiger partial charge on any atom is -0.467 e. The Bertz CT molecular complexity index is 493. The van der Waals surface area contributed by atoms with Crippen molar-refractivity contribution in [3.8, 4) is 0 Å². The van der Waals surface area contributed by atoms with E-state index in [4.69, 9.17) is 14.0 Å². The summed E-state index contributed by atoms with van der Waals surface area (Å²) in [4.78, 5) is 24.8. The van der Waals surface area contributed by atoms with Gasteiger partial charge in [0.2, 0.25) is 0 Å². The molecule has 0 aliphatic carbocycles. The Hall–Kier alpha value is -1.28. The lowest BCUT2D eigenvalue weighted by Gasteiger charge is -2.37. The van der Waals surface area contributed by atoms with Gasteiger partial charge in [0.1, 0.15) is 6.04 Å². The maximum Gasteiger partial charge on any atom is 0.457 e. The van der Waals surface area contributed by atoms with E-state index in [0.717, 1.165) is 32.0 Å². The van der Waals surface area contributed by atoms with Gasteiger partial charge in [0.15, 0.2) is 0 Å². The largest absolute Gasteiger partial charge is 0.467 e. The molecular weight excluding hydrogens is 325 g/mol. The monoisotopic (exact) mass is 355 g/mol. The summed E-state index contributed by atoms with van der Waals surface area (Å²) >= 11 is 0. The van der Waals surface area contributed by atoms with Crippen LogP contribution in [-0.4, -0.2) is 60.1 Å². The predicted molar refractivity (Wildman–Crippen MR) is 93.4 cm³/mol. The Morgan fingerprint density at radius 2 is 1.84 bits per heavy atom. The van der Waals surface area contributed by atoms with Crippen LogP contribution in [0.25, 0.3) is 0 Å². The summed E-state index contributed by atoms with van der Waals surface area (Å²) in [6.45, 7) is 8.46. The third kappa shape index (κ3) is 4.29. The Labute approximate surface area is 150 Å². The number of rotatable bonds is 5. The van der Waals surface area contributed by atoms with E-state index >= 15 is 0 Å². The first-order valence-electron chi connectivity index (χ1n) is 9.02. The Morgan fingerprint density at radius 3 is 2.36 bits per heavy atom. The second-order valence-corrected chi connectivity index (χ2v) is 7.96. The highest BCUT2D eigenvalue weighted by molar-refractivity contribution is 6.45. The van der Waals surface area contributed by atoms with E-state index in [2.05, 4.69) is 0 Å². The number of nitrogens with zero attached hydrogens (tertiary/aromatic N) is 1. The number of carbonyl (C=O) groups is 2. The molecule has 142 valence electrons. The van der Waals surface area contributed by atoms with Gasteiger partial charge in [-0.3, -0.25) is 4.90 Å². The first-order chi connectivity index (χ1) is 11.6. The molecule has 2 rings (SSSR count). The van der Waals surface area contributed by atoms with Gasteiger partial charge in [0, 0.05) is 6.54 Å². The zero-order valence-corrected chi connectivity index (χ0v) is 15.9. The number of methoxy groups -OCH3 is 1. The molecule has 8 heteroatoms. The summed E-state index contributed by atoms with van der Waals surface area (Å²) < 4.78 is 16.8. The lowest BCUT2D eigenvalue weighted by Crippen LogP contribution is -2.52. The van der Waals surface area contributed by atoms with Crippen molar-refractivity contribution in [3.63, 3.8) is 0 Å². The highest BCUT2D eigenvalue weighted by Gasteiger charge is 2.50. The molecule has 2 atom stereocenters. The fraction of sp³-hybridized carbons (Fsp3) is 0.882. The smallest absolute Gasteiger partial charge is 0.457 e. The lowest BCUT2D eigenvalue weighted by molar-refractivity contribution is -0.150. The van der Waals surface area contributed by atoms with Crippen molar-refractivity contribution in [2.75, 3.05) is 13.7 Å². The van der Waals surface area contributed by atoms with E-state index in [1.807, 2.05) is 27.7 Å². The van der Waals surface area contributed by atoms with Gasteiger partial charge >= 0.3 is 19.2 Å². The zero-order valence-electron chi connectivity index (χ0n) is 15.9. The van der Waals surface area contributed by atoms with Crippen molar-refractivity contribution < 1.29 is 28.7 Å². The molecule has 25 heavy (non-hydrogen) atoms. The fourth-order valence-electron chi connectivity index (χ4n) is 3.66. The number of hydrogen-bond donors (Lipinski definition) is 1. The van der Waals surface area contributed by atoms with Crippen molar-refractivity contribution in [2.24, 2.45) is 5.92 Å². The van der Waals surface area contributed by atoms with E-state index in [0.29, 0.717) is 6.54 Å². The number of carbonyl (C=O) groups excluding carboxylic acids is 1. The van der Waals surface area contributed by atoms with Crippen molar-refractivity contribution in [2.45, 2.75) is 76.9 Å². The molecular formula is C17H30BNO6. The lowest BCUT2D eigenvalue weighted by atomic mass is 9.78. The summed E-state index contributed by atoms with van der Waals surface area (Å²) in [5.41, 5.74) is -0.700. The van der Waals surface area contributed by atoms with Gasteiger partial charge < -0.3 is 19.2 Å². The zero-order chi connectivity index (χ0) is 18.8. The maximum atomic E-state index is 12.1. The number of esters is 1. The number of amides is 1. The maximum absolute atomic E-state index is 12.1. The number of likely N-dealkylation sites (tertiary alicyclic amines) is 1. The third-order valence-corrected chi connectivity index (χ3v) is 5.76. The predicted octanol–water partition coefficient (Wildman–Crippen LogP) is 2.79. The molecule has 1 amide bonds. The topological polar surface area (TPSA) is 85.3 Å². The summed E-state index contributed by atoms with van der Waals surface area (Å²) in [6, 6.07) is -0.713. The first-order valence-corrected chi connectivity index (χ1v) is 9.02. The van der Waals surface area contributed by atoms with Crippen LogP contribution in [0.4, 0.5) is 4.79 Å². The Balaban J connectivity index is 1.92. The normalized spacial score (nSPS) is 28.0. The van der Waals surface area contributed by atoms with Gasteiger partial charge in [0.25, 0.3) is 0 Å². The Morgan fingerprint density at radius 1 is 1.24 bits per heavy atom. The van der Waals surface area contributed by atoms with Gasteiger partial charge in [-0.15, -0.1) is 0 Å². The van der Waals surface area contributed by atoms with E-state index in [1.165, 1.54) is 12.0 Å². The van der Waals surface area contributed by atoms with Crippen LogP contribution < -0.4 is 0 Å². The minimum atomic E-state index is -1.06. The van der Waals surface area contributed by atoms with Crippen LogP contribution in [-0.2, 0) is 18.8 Å². The van der Waals surface area contributed by atoms with Crippen molar-refractivity contribution in [1.82, 2.24) is 4.90 Å². The number of carboxylic acid groups (broad SMARTS) is 1. The van der Waals surface area contributed by atoms with Crippen molar-refractivity contribution >= 4 is 19.2 Å². The standard InChI is InChI=1S/C17H30BNO6/c1-16(2)17(3,4)25-18(24-16)10-6-8-12-9-7-11-19(15(21)22)13(12)14(20)23-5/h12-13H,6-11H2,1-5H3,(H,21,22). The summed E-state index contributed by atoms with van der Waals surface area (Å²) in [7, 11) is 1.04. The second-order valence-electron chi connectivity index (χ2n) is 7.96. The molecule has 0 bridgehead atoms. The molecule has 0 aromatic heterocycles. The molecule has 0 aromatic carbocycles. The third-order valence-electron chi connectivity index (χ3n) is 5.76. The summed E-state index contributed by atoms with van der Waals surface area (Å²) in [5, 5.41) is 9.36. The molecule has 0 spiro atoms. The van der Waals surface area contributed by atoms with Crippen LogP contribution in [0.15, 0.2) is 0 Å². The molecule has 2 fully saturated rings. The molecule has 2 aliphatic heterocycles. The van der Waals surface area contributed by atoms with Crippen LogP contribution in [0.1, 0.15) is 53.4 Å². The molecule has 7 nitrogen and oxygen atoms in total. The second kappa shape index (κ2) is 7.54. The summed E-state index contributed by atoms with van der Waals surface area (Å²) in [6.07, 6.45) is 2.81. The van der Waals surface area contributed by atoms with E-state index < -0.39 is 18.1 Å². The molecule has 0 aromatic rings. The molecule has 1 N–H and O–H groups in total. The highest BCUT2D eigenvalue weighted by Crippen LogP contribution is 2.38. The van der Waals surface area contributed by atoms with Crippen LogP contribution in [0, 0.1) is 5.92 Å². The van der Waals surface area contributed by atoms with Crippen LogP contribution in [0.5, 0.6) is 0 Å². The van der Waals surface area contributed by atoms with Gasteiger partial charge in [-0.2, -0.15) is 0 Å². The van der Waals surface area contributed by atoms with Crippen LogP contribution >= 0.6 is 0 Å². The average Bonchev–Trinajstić information content (AvgIpc) is 2.73. The van der Waals surface area contributed by atoms with E-state index in [1.54, 1.807) is 0 Å². The quantitative estimate of drug-likeness (QED) is 0.603. The van der Waals surface area contributed by atoms with Gasteiger partial charge in [0.05, 0.1) is 18.3 Å². The van der Waals surface area contributed by atoms with Crippen molar-refractivity contribution in [3.05, 3.63) is 0 Å². The van der Waals surface area contributed by atoms with Crippen LogP contribution in [0.2, 0.25) is 6.32 Å². The summed E-state index contributed by atoms with van der Waals surface area (Å²) in [5.74, 6) is -0.498. The molecule has 0 radical (unpaired) electrons. The number of hydrogen-bond acceptors (Lipinski definition) is 5. The van der Waals surface area contributed by atoms with E-state index in [9.17, 15) is 14.7 Å². The first kappa shape index (κ1) is 20.0. The van der Waals surface area contributed by atoms with Gasteiger partial charge in [-0.25, -0.2) is 9.59 Å². The number of piperidine rings is 1. The van der Waals surface area contributed by atoms with Crippen molar-refractivity contribution in [1.29, 1.82) is 0 Å². The minimum absolute atomic E-state index is 0.0280. The molecule has 0 saturated carbocycles. The molecule has 2 saturated heterocycles. The number of ether oxygens (including phenoxy) is 1. The van der Waals surface area contributed by atoms with Gasteiger partial charge in [-0.1, -0.05) is 6.42 Å². The SMILES string of the molecule is COC(=O)C1C(CCCB2OC(C)(C)C(C)(C)O2)CCCN1C(=O)O. The molecule has 2 unspecified atom stereocenters. The molecule has 2 heterocycles. The van der Waals surface area contributed by atoms with Crippen LogP contribution in [0.3, 0.4) is 0 Å². The fourth-order valence-corrected chi connectivity index (χ4v) is 3.66.